The van der Waals surface area contributed by atoms with Gasteiger partial charge in [-0.2, -0.15) is 0 Å². The van der Waals surface area contributed by atoms with Crippen LogP contribution in [-0.4, -0.2) is 85.2 Å². The van der Waals surface area contributed by atoms with E-state index in [9.17, 15) is 29.1 Å². The number of carbonyl (C=O) groups excluding carboxylic acids is 5. The molecule has 1 saturated heterocycles. The number of fused-ring (bicyclic) bond motifs is 1. The molecule has 0 spiro atoms. The molecule has 0 atom stereocenters. The molecule has 0 saturated carbocycles. The summed E-state index contributed by atoms with van der Waals surface area (Å²) in [4.78, 5) is 69.4. The van der Waals surface area contributed by atoms with E-state index in [1.54, 1.807) is 54.6 Å². The summed E-state index contributed by atoms with van der Waals surface area (Å²) >= 11 is 1.39. The third-order valence-corrected chi connectivity index (χ3v) is 16.6. The third kappa shape index (κ3) is 27.6. The molecule has 0 unspecified atom stereocenters. The van der Waals surface area contributed by atoms with Crippen LogP contribution < -0.4 is 9.47 Å². The number of thiophene rings is 1. The van der Waals surface area contributed by atoms with Gasteiger partial charge in [0.2, 0.25) is 0 Å². The van der Waals surface area contributed by atoms with Crippen LogP contribution in [0.15, 0.2) is 66.7 Å². The summed E-state index contributed by atoms with van der Waals surface area (Å²) in [6.45, 7) is 7.67. The van der Waals surface area contributed by atoms with E-state index in [-0.39, 0.29) is 68.8 Å². The first-order chi connectivity index (χ1) is 39.6. The number of esters is 4. The lowest BCUT2D eigenvalue weighted by atomic mass is 9.97. The van der Waals surface area contributed by atoms with Crippen LogP contribution in [0.4, 0.5) is 0 Å². The largest absolute Gasteiger partial charge is 0.508 e. The number of carbonyl (C=O) groups is 5. The van der Waals surface area contributed by atoms with Crippen molar-refractivity contribution in [1.82, 2.24) is 4.90 Å². The van der Waals surface area contributed by atoms with Crippen LogP contribution in [0.1, 0.15) is 248 Å². The number of hydrogen-bond acceptors (Lipinski definition) is 13. The van der Waals surface area contributed by atoms with Gasteiger partial charge in [0.25, 0.3) is 0 Å². The Hall–Kier alpha value is -5.27. The first kappa shape index (κ1) is 66.5. The summed E-state index contributed by atoms with van der Waals surface area (Å²) in [5.74, 6) is -0.989. The van der Waals surface area contributed by atoms with E-state index in [2.05, 4.69) is 18.7 Å². The van der Waals surface area contributed by atoms with Gasteiger partial charge >= 0.3 is 23.9 Å². The Labute approximate surface area is 489 Å². The molecule has 0 amide bonds. The molecule has 1 aliphatic rings. The molecule has 448 valence electrons. The number of nitrogens with zero attached hydrogens (tertiary/aromatic N) is 1. The van der Waals surface area contributed by atoms with Crippen molar-refractivity contribution >= 4 is 51.1 Å². The van der Waals surface area contributed by atoms with Crippen molar-refractivity contribution in [2.75, 3.05) is 39.5 Å². The highest BCUT2D eigenvalue weighted by Crippen LogP contribution is 2.42. The Morgan fingerprint density at radius 3 is 1.51 bits per heavy atom. The number of piperidine rings is 1. The topological polar surface area (TPSA) is 155 Å². The van der Waals surface area contributed by atoms with Crippen LogP contribution in [-0.2, 0) is 33.4 Å². The third-order valence-electron chi connectivity index (χ3n) is 15.4. The van der Waals surface area contributed by atoms with Crippen molar-refractivity contribution in [3.8, 4) is 27.7 Å². The van der Waals surface area contributed by atoms with Crippen molar-refractivity contribution in [3.05, 3.63) is 77.9 Å². The lowest BCUT2D eigenvalue weighted by molar-refractivity contribution is -0.167. The van der Waals surface area contributed by atoms with Crippen LogP contribution in [0.2, 0.25) is 0 Å². The monoisotopic (exact) mass is 1140 g/mol. The number of hydrogen-bond donors (Lipinski definition) is 1. The van der Waals surface area contributed by atoms with E-state index >= 15 is 0 Å². The fourth-order valence-electron chi connectivity index (χ4n) is 10.5. The summed E-state index contributed by atoms with van der Waals surface area (Å²) in [7, 11) is 0. The fourth-order valence-corrected chi connectivity index (χ4v) is 11.7. The quantitative estimate of drug-likeness (QED) is 0.0147. The second-order valence-corrected chi connectivity index (χ2v) is 23.5. The highest BCUT2D eigenvalue weighted by atomic mass is 32.1. The van der Waals surface area contributed by atoms with Gasteiger partial charge in [0.15, 0.2) is 11.9 Å². The number of aromatic hydroxyl groups is 1. The van der Waals surface area contributed by atoms with Crippen molar-refractivity contribution < 1.29 is 52.8 Å². The second-order valence-electron chi connectivity index (χ2n) is 22.4. The number of phenolic OH excluding ortho intramolecular Hbond substituents is 1. The van der Waals surface area contributed by atoms with E-state index in [0.29, 0.717) is 39.5 Å². The van der Waals surface area contributed by atoms with Crippen LogP contribution >= 0.6 is 11.3 Å². The minimum absolute atomic E-state index is 0.0784. The van der Waals surface area contributed by atoms with Gasteiger partial charge in [0.05, 0.1) is 0 Å². The molecule has 1 aliphatic heterocycles. The summed E-state index contributed by atoms with van der Waals surface area (Å²) < 4.78 is 29.3. The average molecular weight is 1140 g/mol. The summed E-state index contributed by atoms with van der Waals surface area (Å²) in [5, 5.41) is 10.8. The maximum atomic E-state index is 14.3. The van der Waals surface area contributed by atoms with Gasteiger partial charge in [-0.05, 0) is 117 Å². The predicted octanol–water partition coefficient (Wildman–Crippen LogP) is 17.4. The molecule has 1 N–H and O–H groups in total. The lowest BCUT2D eigenvalue weighted by Gasteiger charge is -2.26. The molecule has 0 radical (unpaired) electrons. The first-order valence-electron chi connectivity index (χ1n) is 31.7. The molecule has 0 bridgehead atoms. The van der Waals surface area contributed by atoms with Gasteiger partial charge in [0.1, 0.15) is 37.1 Å². The minimum Gasteiger partial charge on any atom is -0.508 e. The lowest BCUT2D eigenvalue weighted by Crippen LogP contribution is -2.33. The molecule has 4 aromatic rings. The second kappa shape index (κ2) is 40.8. The zero-order valence-corrected chi connectivity index (χ0v) is 50.4. The number of rotatable bonds is 45. The molecule has 81 heavy (non-hydrogen) atoms. The Morgan fingerprint density at radius 1 is 0.519 bits per heavy atom. The highest BCUT2D eigenvalue weighted by Gasteiger charge is 2.24. The van der Waals surface area contributed by atoms with Gasteiger partial charge in [0, 0.05) is 58.3 Å². The number of phenols is 1. The summed E-state index contributed by atoms with van der Waals surface area (Å²) in [6, 6.07) is 19.1. The Balaban J connectivity index is 1.07. The smallest absolute Gasteiger partial charge is 0.311 e. The van der Waals surface area contributed by atoms with Gasteiger partial charge in [-0.1, -0.05) is 174 Å². The van der Waals surface area contributed by atoms with Crippen molar-refractivity contribution in [2.45, 2.75) is 238 Å². The maximum Gasteiger partial charge on any atom is 0.311 e. The van der Waals surface area contributed by atoms with Gasteiger partial charge in [-0.25, -0.2) is 0 Å². The zero-order valence-electron chi connectivity index (χ0n) is 49.6. The standard InChI is InChI=1S/C68H99NO11S/c1-3-5-7-9-11-13-15-17-19-21-23-25-28-33-62(71)77-52-59(53-78-63(72)34-29-26-24-22-20-18-16-14-12-10-8-6-4-2)80-65(74)36-32-35-64(73)79-58-45-46-60-61(51-58)81-68(55-37-41-56(70)42-38-55)66(60)67(75)54-39-43-57(44-40-54)76-50-49-69-47-30-27-31-48-69/h37-46,51,59,70H,3-36,47-50,52-53H2,1-2H3. The number of likely N-dealkylation sites (tertiary alicyclic amines) is 1. The minimum atomic E-state index is -0.982. The van der Waals surface area contributed by atoms with E-state index in [1.807, 2.05) is 12.1 Å². The van der Waals surface area contributed by atoms with Crippen molar-refractivity contribution in [1.29, 1.82) is 0 Å². The van der Waals surface area contributed by atoms with E-state index in [4.69, 9.17) is 23.7 Å². The number of ether oxygens (including phenoxy) is 5. The molecule has 0 aliphatic carbocycles. The van der Waals surface area contributed by atoms with Gasteiger partial charge in [-0.15, -0.1) is 11.3 Å². The Kier molecular flexibility index (Phi) is 33.5. The van der Waals surface area contributed by atoms with Gasteiger partial charge in [-0.3, -0.25) is 28.9 Å². The number of ketones is 1. The summed E-state index contributed by atoms with van der Waals surface area (Å²) in [6.07, 6.45) is 34.5. The molecule has 2 heterocycles. The highest BCUT2D eigenvalue weighted by molar-refractivity contribution is 7.22. The molecule has 1 aromatic heterocycles. The predicted molar refractivity (Wildman–Crippen MR) is 326 cm³/mol. The fraction of sp³-hybridized carbons (Fsp3) is 0.632. The van der Waals surface area contributed by atoms with Gasteiger partial charge < -0.3 is 28.8 Å². The van der Waals surface area contributed by atoms with Crippen LogP contribution in [0.25, 0.3) is 20.5 Å². The normalized spacial score (nSPS) is 12.7. The molecule has 13 heteroatoms. The Bertz CT molecular complexity index is 2350. The van der Waals surface area contributed by atoms with Crippen LogP contribution in [0.5, 0.6) is 17.2 Å². The van der Waals surface area contributed by atoms with Crippen LogP contribution in [0.3, 0.4) is 0 Å². The van der Waals surface area contributed by atoms with E-state index in [1.165, 1.54) is 146 Å². The van der Waals surface area contributed by atoms with E-state index in [0.717, 1.165) is 81.3 Å². The molecule has 3 aromatic carbocycles. The van der Waals surface area contributed by atoms with Crippen LogP contribution in [0, 0.1) is 0 Å². The first-order valence-corrected chi connectivity index (χ1v) is 32.5. The maximum absolute atomic E-state index is 14.3. The number of benzene rings is 3. The molecule has 12 nitrogen and oxygen atoms in total. The van der Waals surface area contributed by atoms with Crippen molar-refractivity contribution in [3.63, 3.8) is 0 Å². The zero-order chi connectivity index (χ0) is 57.5. The summed E-state index contributed by atoms with van der Waals surface area (Å²) in [5.41, 5.74) is 1.76. The molecular formula is C68H99NO11S. The molecular weight excluding hydrogens is 1040 g/mol. The molecule has 1 fully saturated rings. The van der Waals surface area contributed by atoms with E-state index < -0.39 is 18.0 Å². The van der Waals surface area contributed by atoms with Crippen molar-refractivity contribution in [2.24, 2.45) is 0 Å². The average Bonchev–Trinajstić information content (AvgIpc) is 3.99. The molecule has 5 rings (SSSR count). The number of unbranched alkanes of at least 4 members (excludes halogenated alkanes) is 24. The SMILES string of the molecule is CCCCCCCCCCCCCCCC(=O)OCC(COC(=O)CCCCCCCCCCCCCCC)OC(=O)CCCC(=O)Oc1ccc2c(C(=O)c3ccc(OCCN4CCCCC4)cc3)c(-c3ccc(O)cc3)sc2c1. The Morgan fingerprint density at radius 2 is 0.988 bits per heavy atom.